The van der Waals surface area contributed by atoms with Crippen molar-refractivity contribution >= 4 is 17.3 Å². The lowest BCUT2D eigenvalue weighted by Gasteiger charge is -2.13. The Bertz CT molecular complexity index is 828. The lowest BCUT2D eigenvalue weighted by atomic mass is 10.1. The van der Waals surface area contributed by atoms with Gasteiger partial charge < -0.3 is 10.6 Å². The molecule has 0 amide bonds. The molecule has 0 fully saturated rings. The number of halogens is 1. The van der Waals surface area contributed by atoms with E-state index in [1.54, 1.807) is 12.1 Å². The molecule has 0 aliphatic carbocycles. The van der Waals surface area contributed by atoms with Crippen LogP contribution in [0.3, 0.4) is 0 Å². The summed E-state index contributed by atoms with van der Waals surface area (Å²) in [5.74, 6) is 1.10. The van der Waals surface area contributed by atoms with Gasteiger partial charge in [-0.2, -0.15) is 0 Å². The second-order valence-electron chi connectivity index (χ2n) is 5.63. The van der Waals surface area contributed by atoms with E-state index in [4.69, 9.17) is 0 Å². The van der Waals surface area contributed by atoms with Crippen molar-refractivity contribution in [1.29, 1.82) is 0 Å². The predicted molar refractivity (Wildman–Crippen MR) is 95.0 cm³/mol. The van der Waals surface area contributed by atoms with E-state index in [0.717, 1.165) is 16.8 Å². The van der Waals surface area contributed by atoms with Crippen LogP contribution >= 0.6 is 0 Å². The van der Waals surface area contributed by atoms with Gasteiger partial charge in [0.15, 0.2) is 0 Å². The Balaban J connectivity index is 1.74. The fraction of sp³-hybridized carbons (Fsp3) is 0.158. The van der Waals surface area contributed by atoms with Gasteiger partial charge in [-0.05, 0) is 31.0 Å². The standard InChI is InChI=1S/C19H19FN4/c1-13-6-5-7-14(2)19(13)24-18-10-17(22-12-23-18)21-11-15-8-3-4-9-16(15)20/h3-10,12H,11H2,1-2H3,(H2,21,22,23,24). The van der Waals surface area contributed by atoms with Crippen LogP contribution in [0.2, 0.25) is 0 Å². The first-order valence-corrected chi connectivity index (χ1v) is 7.76. The van der Waals surface area contributed by atoms with Gasteiger partial charge in [-0.25, -0.2) is 14.4 Å². The minimum atomic E-state index is -0.229. The molecule has 2 aromatic carbocycles. The predicted octanol–water partition coefficient (Wildman–Crippen LogP) is 4.59. The lowest BCUT2D eigenvalue weighted by molar-refractivity contribution is 0.613. The second-order valence-corrected chi connectivity index (χ2v) is 5.63. The Kier molecular flexibility index (Phi) is 4.70. The van der Waals surface area contributed by atoms with Gasteiger partial charge in [0.05, 0.1) is 0 Å². The number of hydrogen-bond acceptors (Lipinski definition) is 4. The van der Waals surface area contributed by atoms with Crippen molar-refractivity contribution in [3.05, 3.63) is 77.4 Å². The van der Waals surface area contributed by atoms with Crippen LogP contribution in [0.25, 0.3) is 0 Å². The molecule has 0 bridgehead atoms. The first kappa shape index (κ1) is 15.9. The average Bonchev–Trinajstić information content (AvgIpc) is 2.58. The van der Waals surface area contributed by atoms with Crippen LogP contribution in [-0.2, 0) is 6.54 Å². The first-order valence-electron chi connectivity index (χ1n) is 7.76. The highest BCUT2D eigenvalue weighted by Gasteiger charge is 2.05. The fourth-order valence-electron chi connectivity index (χ4n) is 2.49. The Morgan fingerprint density at radius 1 is 0.917 bits per heavy atom. The van der Waals surface area contributed by atoms with Crippen LogP contribution in [0.4, 0.5) is 21.7 Å². The zero-order chi connectivity index (χ0) is 16.9. The van der Waals surface area contributed by atoms with Crippen LogP contribution in [0.1, 0.15) is 16.7 Å². The summed E-state index contributed by atoms with van der Waals surface area (Å²) in [6.45, 7) is 4.47. The number of nitrogens with one attached hydrogen (secondary N) is 2. The SMILES string of the molecule is Cc1cccc(C)c1Nc1cc(NCc2ccccc2F)ncn1. The summed E-state index contributed by atoms with van der Waals surface area (Å²) in [6.07, 6.45) is 1.49. The molecular formula is C19H19FN4. The molecule has 1 aromatic heterocycles. The third kappa shape index (κ3) is 3.68. The number of hydrogen-bond donors (Lipinski definition) is 2. The summed E-state index contributed by atoms with van der Waals surface area (Å²) < 4.78 is 13.7. The lowest BCUT2D eigenvalue weighted by Crippen LogP contribution is -2.05. The number of nitrogens with zero attached hydrogens (tertiary/aromatic N) is 2. The van der Waals surface area contributed by atoms with Gasteiger partial charge in [0, 0.05) is 23.9 Å². The number of anilines is 3. The zero-order valence-corrected chi connectivity index (χ0v) is 13.7. The molecule has 0 aliphatic heterocycles. The van der Waals surface area contributed by atoms with Crippen LogP contribution in [0.5, 0.6) is 0 Å². The number of benzene rings is 2. The van der Waals surface area contributed by atoms with Crippen LogP contribution in [0.15, 0.2) is 54.9 Å². The fourth-order valence-corrected chi connectivity index (χ4v) is 2.49. The largest absolute Gasteiger partial charge is 0.366 e. The summed E-state index contributed by atoms with van der Waals surface area (Å²) in [5, 5.41) is 6.45. The minimum Gasteiger partial charge on any atom is -0.366 e. The van der Waals surface area contributed by atoms with E-state index in [0.29, 0.717) is 23.7 Å². The topological polar surface area (TPSA) is 49.8 Å². The Morgan fingerprint density at radius 3 is 2.38 bits per heavy atom. The van der Waals surface area contributed by atoms with Crippen LogP contribution in [0, 0.1) is 19.7 Å². The normalized spacial score (nSPS) is 10.5. The van der Waals surface area contributed by atoms with Gasteiger partial charge in [-0.3, -0.25) is 0 Å². The molecule has 0 unspecified atom stereocenters. The van der Waals surface area contributed by atoms with Crippen molar-refractivity contribution < 1.29 is 4.39 Å². The number of aromatic nitrogens is 2. The number of aryl methyl sites for hydroxylation is 2. The monoisotopic (exact) mass is 322 g/mol. The molecule has 0 aliphatic rings. The van der Waals surface area contributed by atoms with E-state index in [-0.39, 0.29) is 5.82 Å². The maximum Gasteiger partial charge on any atom is 0.135 e. The van der Waals surface area contributed by atoms with Crippen molar-refractivity contribution in [3.63, 3.8) is 0 Å². The van der Waals surface area contributed by atoms with Crippen LogP contribution in [-0.4, -0.2) is 9.97 Å². The summed E-state index contributed by atoms with van der Waals surface area (Å²) in [6, 6.07) is 14.6. The highest BCUT2D eigenvalue weighted by atomic mass is 19.1. The van der Waals surface area contributed by atoms with Gasteiger partial charge >= 0.3 is 0 Å². The number of rotatable bonds is 5. The second kappa shape index (κ2) is 7.08. The maximum atomic E-state index is 13.7. The average molecular weight is 322 g/mol. The van der Waals surface area contributed by atoms with E-state index in [1.165, 1.54) is 12.4 Å². The van der Waals surface area contributed by atoms with Crippen molar-refractivity contribution in [1.82, 2.24) is 9.97 Å². The van der Waals surface area contributed by atoms with Crippen molar-refractivity contribution in [2.45, 2.75) is 20.4 Å². The van der Waals surface area contributed by atoms with Gasteiger partial charge in [0.2, 0.25) is 0 Å². The van der Waals surface area contributed by atoms with E-state index < -0.39 is 0 Å². The highest BCUT2D eigenvalue weighted by molar-refractivity contribution is 5.65. The maximum absolute atomic E-state index is 13.7. The third-order valence-corrected chi connectivity index (χ3v) is 3.82. The molecule has 3 rings (SSSR count). The highest BCUT2D eigenvalue weighted by Crippen LogP contribution is 2.24. The van der Waals surface area contributed by atoms with E-state index in [2.05, 4.69) is 20.6 Å². The molecule has 0 atom stereocenters. The molecule has 122 valence electrons. The Morgan fingerprint density at radius 2 is 1.62 bits per heavy atom. The minimum absolute atomic E-state index is 0.229. The van der Waals surface area contributed by atoms with Crippen molar-refractivity contribution in [3.8, 4) is 0 Å². The molecular weight excluding hydrogens is 303 g/mol. The smallest absolute Gasteiger partial charge is 0.135 e. The van der Waals surface area contributed by atoms with Gasteiger partial charge in [0.25, 0.3) is 0 Å². The quantitative estimate of drug-likeness (QED) is 0.721. The third-order valence-electron chi connectivity index (χ3n) is 3.82. The Labute approximate surface area is 140 Å². The van der Waals surface area contributed by atoms with Gasteiger partial charge in [-0.15, -0.1) is 0 Å². The molecule has 0 saturated heterocycles. The summed E-state index contributed by atoms with van der Waals surface area (Å²) in [7, 11) is 0. The summed E-state index contributed by atoms with van der Waals surface area (Å²) in [4.78, 5) is 8.44. The molecule has 0 saturated carbocycles. The van der Waals surface area contributed by atoms with Gasteiger partial charge in [0.1, 0.15) is 23.8 Å². The molecule has 5 heteroatoms. The Hall–Kier alpha value is -2.95. The molecule has 24 heavy (non-hydrogen) atoms. The molecule has 0 spiro atoms. The zero-order valence-electron chi connectivity index (χ0n) is 13.7. The summed E-state index contributed by atoms with van der Waals surface area (Å²) >= 11 is 0. The van der Waals surface area contributed by atoms with Crippen molar-refractivity contribution in [2.24, 2.45) is 0 Å². The molecule has 2 N–H and O–H groups in total. The molecule has 4 nitrogen and oxygen atoms in total. The molecule has 3 aromatic rings. The van der Waals surface area contributed by atoms with E-state index in [1.807, 2.05) is 44.2 Å². The van der Waals surface area contributed by atoms with Crippen molar-refractivity contribution in [2.75, 3.05) is 10.6 Å². The molecule has 1 heterocycles. The first-order chi connectivity index (χ1) is 11.6. The summed E-state index contributed by atoms with van der Waals surface area (Å²) in [5.41, 5.74) is 3.93. The van der Waals surface area contributed by atoms with Gasteiger partial charge in [-0.1, -0.05) is 36.4 Å². The number of para-hydroxylation sites is 1. The van der Waals surface area contributed by atoms with E-state index >= 15 is 0 Å². The molecule has 0 radical (unpaired) electrons. The van der Waals surface area contributed by atoms with E-state index in [9.17, 15) is 4.39 Å². The van der Waals surface area contributed by atoms with Crippen LogP contribution < -0.4 is 10.6 Å².